The number of H-pyrrole nitrogens is 2. The highest BCUT2D eigenvalue weighted by Gasteiger charge is 2.12. The number of nitrogens with one attached hydrogen (secondary N) is 3. The Morgan fingerprint density at radius 3 is 2.62 bits per heavy atom. The highest BCUT2D eigenvalue weighted by Crippen LogP contribution is 2.29. The number of aryl methyl sites for hydroxylation is 1. The molecule has 2 heterocycles. The number of benzene rings is 2. The largest absolute Gasteiger partial charge is 0.320 e. The SMILES string of the molecule is CNCCCc1nc(-c2ccc3[nH]nc(-c4ccc(F)cc4)c3c2)n[nH]1. The number of fused-ring (bicyclic) bond motifs is 1. The van der Waals surface area contributed by atoms with Crippen LogP contribution in [0.2, 0.25) is 0 Å². The lowest BCUT2D eigenvalue weighted by Gasteiger charge is -2.00. The monoisotopic (exact) mass is 350 g/mol. The maximum Gasteiger partial charge on any atom is 0.181 e. The van der Waals surface area contributed by atoms with Crippen molar-refractivity contribution in [2.75, 3.05) is 13.6 Å². The van der Waals surface area contributed by atoms with Gasteiger partial charge in [0.1, 0.15) is 11.6 Å². The minimum Gasteiger partial charge on any atom is -0.320 e. The van der Waals surface area contributed by atoms with Crippen LogP contribution in [0.4, 0.5) is 4.39 Å². The van der Waals surface area contributed by atoms with Crippen LogP contribution in [0.1, 0.15) is 12.2 Å². The van der Waals surface area contributed by atoms with Crippen LogP contribution in [0.5, 0.6) is 0 Å². The van der Waals surface area contributed by atoms with Gasteiger partial charge in [0.2, 0.25) is 0 Å². The molecule has 0 spiro atoms. The third kappa shape index (κ3) is 3.21. The summed E-state index contributed by atoms with van der Waals surface area (Å²) in [5.74, 6) is 1.28. The molecular weight excluding hydrogens is 331 g/mol. The molecule has 132 valence electrons. The van der Waals surface area contributed by atoms with Crippen LogP contribution in [0, 0.1) is 5.82 Å². The number of nitrogens with zero attached hydrogens (tertiary/aromatic N) is 3. The van der Waals surface area contributed by atoms with Gasteiger partial charge in [-0.2, -0.15) is 10.2 Å². The molecule has 26 heavy (non-hydrogen) atoms. The second-order valence-corrected chi connectivity index (χ2v) is 6.15. The highest BCUT2D eigenvalue weighted by atomic mass is 19.1. The molecule has 0 amide bonds. The Morgan fingerprint density at radius 2 is 1.81 bits per heavy atom. The van der Waals surface area contributed by atoms with Crippen LogP contribution in [-0.4, -0.2) is 39.0 Å². The van der Waals surface area contributed by atoms with E-state index in [-0.39, 0.29) is 5.82 Å². The van der Waals surface area contributed by atoms with Crippen molar-refractivity contribution in [3.8, 4) is 22.6 Å². The predicted molar refractivity (Wildman–Crippen MR) is 99.1 cm³/mol. The fourth-order valence-corrected chi connectivity index (χ4v) is 2.95. The lowest BCUT2D eigenvalue weighted by atomic mass is 10.1. The van der Waals surface area contributed by atoms with Gasteiger partial charge in [0, 0.05) is 22.9 Å². The van der Waals surface area contributed by atoms with Gasteiger partial charge in [-0.3, -0.25) is 10.2 Å². The first kappa shape index (κ1) is 16.4. The minimum atomic E-state index is -0.263. The fraction of sp³-hybridized carbons (Fsp3) is 0.211. The highest BCUT2D eigenvalue weighted by molar-refractivity contribution is 5.95. The van der Waals surface area contributed by atoms with Crippen molar-refractivity contribution in [2.45, 2.75) is 12.8 Å². The lowest BCUT2D eigenvalue weighted by Crippen LogP contribution is -2.08. The number of hydrogen-bond donors (Lipinski definition) is 3. The van der Waals surface area contributed by atoms with Crippen molar-refractivity contribution in [1.82, 2.24) is 30.7 Å². The third-order valence-corrected chi connectivity index (χ3v) is 4.31. The molecule has 0 aliphatic rings. The fourth-order valence-electron chi connectivity index (χ4n) is 2.95. The number of aromatic amines is 2. The van der Waals surface area contributed by atoms with Crippen LogP contribution in [0.3, 0.4) is 0 Å². The normalized spacial score (nSPS) is 11.3. The molecular formula is C19H19FN6. The van der Waals surface area contributed by atoms with E-state index in [9.17, 15) is 4.39 Å². The van der Waals surface area contributed by atoms with Crippen LogP contribution in [0.15, 0.2) is 42.5 Å². The van der Waals surface area contributed by atoms with Gasteiger partial charge in [0.15, 0.2) is 5.82 Å². The molecule has 0 saturated heterocycles. The summed E-state index contributed by atoms with van der Waals surface area (Å²) in [6, 6.07) is 12.3. The molecule has 0 aliphatic carbocycles. The average molecular weight is 350 g/mol. The summed E-state index contributed by atoms with van der Waals surface area (Å²) in [7, 11) is 1.94. The van der Waals surface area contributed by atoms with Crippen molar-refractivity contribution in [1.29, 1.82) is 0 Å². The molecule has 2 aromatic heterocycles. The molecule has 4 rings (SSSR count). The van der Waals surface area contributed by atoms with E-state index in [0.717, 1.165) is 52.9 Å². The zero-order valence-electron chi connectivity index (χ0n) is 14.4. The quantitative estimate of drug-likeness (QED) is 0.466. The molecule has 0 unspecified atom stereocenters. The van der Waals surface area contributed by atoms with E-state index < -0.39 is 0 Å². The molecule has 0 atom stereocenters. The number of rotatable bonds is 6. The Balaban J connectivity index is 1.67. The standard InChI is InChI=1S/C19H19FN6/c1-21-10-2-3-17-22-19(26-24-17)13-6-9-16-15(11-13)18(25-23-16)12-4-7-14(20)8-5-12/h4-9,11,21H,2-3,10H2,1H3,(H,23,25)(H,22,24,26). The van der Waals surface area contributed by atoms with Crippen molar-refractivity contribution < 1.29 is 4.39 Å². The average Bonchev–Trinajstić information content (AvgIpc) is 3.29. The van der Waals surface area contributed by atoms with Crippen molar-refractivity contribution in [2.24, 2.45) is 0 Å². The topological polar surface area (TPSA) is 82.3 Å². The number of hydrogen-bond acceptors (Lipinski definition) is 4. The number of halogens is 1. The van der Waals surface area contributed by atoms with Gasteiger partial charge in [0.05, 0.1) is 11.2 Å². The van der Waals surface area contributed by atoms with Crippen molar-refractivity contribution in [3.05, 3.63) is 54.1 Å². The lowest BCUT2D eigenvalue weighted by molar-refractivity contribution is 0.628. The molecule has 0 saturated carbocycles. The molecule has 0 bridgehead atoms. The van der Waals surface area contributed by atoms with E-state index in [1.54, 1.807) is 12.1 Å². The Hall–Kier alpha value is -3.06. The first-order valence-electron chi connectivity index (χ1n) is 8.55. The van der Waals surface area contributed by atoms with Crippen LogP contribution in [-0.2, 0) is 6.42 Å². The van der Waals surface area contributed by atoms with E-state index in [1.165, 1.54) is 12.1 Å². The Kier molecular flexibility index (Phi) is 4.45. The second-order valence-electron chi connectivity index (χ2n) is 6.15. The first-order valence-corrected chi connectivity index (χ1v) is 8.55. The van der Waals surface area contributed by atoms with Gasteiger partial charge in [0.25, 0.3) is 0 Å². The van der Waals surface area contributed by atoms with Gasteiger partial charge in [-0.1, -0.05) is 0 Å². The predicted octanol–water partition coefficient (Wildman–Crippen LogP) is 3.31. The molecule has 3 N–H and O–H groups in total. The summed E-state index contributed by atoms with van der Waals surface area (Å²) in [5.41, 5.74) is 3.47. The molecule has 2 aromatic carbocycles. The van der Waals surface area contributed by atoms with E-state index in [2.05, 4.69) is 30.7 Å². The summed E-state index contributed by atoms with van der Waals surface area (Å²) in [5, 5.41) is 18.8. The van der Waals surface area contributed by atoms with Crippen LogP contribution in [0.25, 0.3) is 33.5 Å². The van der Waals surface area contributed by atoms with Gasteiger partial charge in [-0.05, 0) is 62.5 Å². The second kappa shape index (κ2) is 7.05. The Morgan fingerprint density at radius 1 is 1.00 bits per heavy atom. The third-order valence-electron chi connectivity index (χ3n) is 4.31. The van der Waals surface area contributed by atoms with Gasteiger partial charge in [-0.25, -0.2) is 9.37 Å². The van der Waals surface area contributed by atoms with Crippen LogP contribution >= 0.6 is 0 Å². The molecule has 0 radical (unpaired) electrons. The summed E-state index contributed by atoms with van der Waals surface area (Å²) < 4.78 is 13.2. The minimum absolute atomic E-state index is 0.263. The summed E-state index contributed by atoms with van der Waals surface area (Å²) in [6.45, 7) is 0.943. The first-order chi connectivity index (χ1) is 12.7. The smallest absolute Gasteiger partial charge is 0.181 e. The molecule has 6 nitrogen and oxygen atoms in total. The zero-order chi connectivity index (χ0) is 17.9. The molecule has 0 fully saturated rings. The van der Waals surface area contributed by atoms with E-state index >= 15 is 0 Å². The molecule has 7 heteroatoms. The van der Waals surface area contributed by atoms with Crippen LogP contribution < -0.4 is 5.32 Å². The van der Waals surface area contributed by atoms with E-state index in [0.29, 0.717) is 5.82 Å². The zero-order valence-corrected chi connectivity index (χ0v) is 14.4. The summed E-state index contributed by atoms with van der Waals surface area (Å²) >= 11 is 0. The Labute approximate surface area is 149 Å². The van der Waals surface area contributed by atoms with Crippen molar-refractivity contribution >= 4 is 10.9 Å². The van der Waals surface area contributed by atoms with E-state index in [4.69, 9.17) is 0 Å². The van der Waals surface area contributed by atoms with Crippen molar-refractivity contribution in [3.63, 3.8) is 0 Å². The summed E-state index contributed by atoms with van der Waals surface area (Å²) in [4.78, 5) is 4.58. The number of aromatic nitrogens is 5. The van der Waals surface area contributed by atoms with Gasteiger partial charge in [-0.15, -0.1) is 0 Å². The molecule has 4 aromatic rings. The maximum atomic E-state index is 13.2. The summed E-state index contributed by atoms with van der Waals surface area (Å²) in [6.07, 6.45) is 1.85. The van der Waals surface area contributed by atoms with E-state index in [1.807, 2.05) is 25.2 Å². The van der Waals surface area contributed by atoms with Gasteiger partial charge >= 0.3 is 0 Å². The molecule has 0 aliphatic heterocycles. The Bertz CT molecular complexity index is 1020. The maximum absolute atomic E-state index is 13.2. The van der Waals surface area contributed by atoms with Gasteiger partial charge < -0.3 is 5.32 Å².